The number of hydrogen-bond acceptors (Lipinski definition) is 13. The van der Waals surface area contributed by atoms with Crippen molar-refractivity contribution >= 4 is 21.5 Å². The van der Waals surface area contributed by atoms with Gasteiger partial charge in [-0.15, -0.1) is 0 Å². The number of hydrogen-bond donors (Lipinski definition) is 1. The number of nitrogens with zero attached hydrogens (tertiary/aromatic N) is 3. The Kier molecular flexibility index (Phi) is 24.9. The van der Waals surface area contributed by atoms with Gasteiger partial charge in [0, 0.05) is 35.5 Å². The van der Waals surface area contributed by atoms with Gasteiger partial charge in [-0.2, -0.15) is 0 Å². The van der Waals surface area contributed by atoms with Crippen molar-refractivity contribution in [3.05, 3.63) is 75.7 Å². The lowest BCUT2D eigenvalue weighted by Gasteiger charge is -2.09. The molecule has 0 fully saturated rings. The monoisotopic (exact) mass is 752 g/mol. The number of amides is 1. The lowest BCUT2D eigenvalue weighted by molar-refractivity contribution is -0.0228. The van der Waals surface area contributed by atoms with Crippen LogP contribution < -0.4 is 5.32 Å². The van der Waals surface area contributed by atoms with Crippen LogP contribution in [0.2, 0.25) is 0 Å². The Morgan fingerprint density at radius 1 is 0.615 bits per heavy atom. The van der Waals surface area contributed by atoms with Gasteiger partial charge < -0.3 is 43.2 Å². The Labute approximate surface area is 305 Å². The van der Waals surface area contributed by atoms with Gasteiger partial charge in [0.05, 0.1) is 116 Å². The van der Waals surface area contributed by atoms with Crippen LogP contribution >= 0.6 is 0 Å². The van der Waals surface area contributed by atoms with Crippen molar-refractivity contribution in [3.8, 4) is 0 Å². The van der Waals surface area contributed by atoms with E-state index < -0.39 is 9.84 Å². The zero-order valence-corrected chi connectivity index (χ0v) is 30.7. The molecule has 0 bridgehead atoms. The first-order valence-electron chi connectivity index (χ1n) is 17.2. The summed E-state index contributed by atoms with van der Waals surface area (Å²) in [5, 5.41) is 6.12. The summed E-state index contributed by atoms with van der Waals surface area (Å²) in [4.78, 5) is 27.8. The van der Waals surface area contributed by atoms with Crippen molar-refractivity contribution in [2.75, 3.05) is 125 Å². The molecule has 0 aliphatic carbocycles. The summed E-state index contributed by atoms with van der Waals surface area (Å²) in [6, 6.07) is 12.6. The molecule has 16 nitrogen and oxygen atoms in total. The molecule has 1 amide bonds. The fraction of sp³-hybridized carbons (Fsp3) is 0.600. The van der Waals surface area contributed by atoms with Gasteiger partial charge in [0.1, 0.15) is 0 Å². The number of azide groups is 1. The van der Waals surface area contributed by atoms with E-state index in [1.165, 1.54) is 24.3 Å². The molecule has 2 rings (SSSR count). The lowest BCUT2D eigenvalue weighted by Crippen LogP contribution is -2.27. The minimum absolute atomic E-state index is 0.151. The molecular formula is C35H52N4O12S. The van der Waals surface area contributed by atoms with Crippen LogP contribution in [0.5, 0.6) is 0 Å². The van der Waals surface area contributed by atoms with Crippen LogP contribution in [-0.4, -0.2) is 145 Å². The van der Waals surface area contributed by atoms with Crippen LogP contribution in [0.25, 0.3) is 10.4 Å². The first-order chi connectivity index (χ1) is 25.3. The predicted octanol–water partition coefficient (Wildman–Crippen LogP) is 3.21. The van der Waals surface area contributed by atoms with E-state index in [1.54, 1.807) is 24.3 Å². The third kappa shape index (κ3) is 21.8. The second-order valence-electron chi connectivity index (χ2n) is 11.0. The van der Waals surface area contributed by atoms with Crippen molar-refractivity contribution in [3.63, 3.8) is 0 Å². The van der Waals surface area contributed by atoms with Crippen molar-refractivity contribution in [1.82, 2.24) is 5.32 Å². The molecule has 0 heterocycles. The molecule has 0 unspecified atom stereocenters. The van der Waals surface area contributed by atoms with Crippen LogP contribution in [0, 0.1) is 6.92 Å². The lowest BCUT2D eigenvalue weighted by atomic mass is 10.1. The number of sulfone groups is 1. The highest BCUT2D eigenvalue weighted by Gasteiger charge is 2.17. The topological polar surface area (TPSA) is 203 Å². The summed E-state index contributed by atoms with van der Waals surface area (Å²) in [5.41, 5.74) is 9.82. The van der Waals surface area contributed by atoms with E-state index in [0.29, 0.717) is 130 Å². The number of rotatable bonds is 33. The Bertz CT molecular complexity index is 1410. The molecule has 0 saturated heterocycles. The fourth-order valence-corrected chi connectivity index (χ4v) is 5.41. The minimum atomic E-state index is -3.57. The number of carbonyl (C=O) groups excluding carboxylic acids is 2. The average Bonchev–Trinajstić information content (AvgIpc) is 3.15. The standard InChI is InChI=1S/C35H52N4O12S/c1-30-2-8-33(9-3-30)52(42,43)29-10-34(40)31-4-6-32(7-5-31)35(41)37-11-13-44-15-17-46-19-21-48-23-25-50-27-28-51-26-24-49-22-20-47-18-16-45-14-12-38-39-36/h2-9H,10-29H2,1H3,(H,37,41). The summed E-state index contributed by atoms with van der Waals surface area (Å²) in [6.07, 6.45) is -0.151. The molecule has 0 saturated carbocycles. The van der Waals surface area contributed by atoms with Gasteiger partial charge in [-0.1, -0.05) is 34.9 Å². The van der Waals surface area contributed by atoms with Crippen LogP contribution in [0.15, 0.2) is 58.5 Å². The second kappa shape index (κ2) is 29.0. The summed E-state index contributed by atoms with van der Waals surface area (Å²) < 4.78 is 68.3. The van der Waals surface area contributed by atoms with E-state index >= 15 is 0 Å². The summed E-state index contributed by atoms with van der Waals surface area (Å²) in [6.45, 7) is 9.34. The number of nitrogens with one attached hydrogen (secondary N) is 1. The molecule has 1 N–H and O–H groups in total. The number of ketones is 1. The highest BCUT2D eigenvalue weighted by Crippen LogP contribution is 2.15. The Morgan fingerprint density at radius 2 is 1.02 bits per heavy atom. The van der Waals surface area contributed by atoms with E-state index in [0.717, 1.165) is 5.56 Å². The van der Waals surface area contributed by atoms with E-state index in [9.17, 15) is 18.0 Å². The molecule has 290 valence electrons. The summed E-state index contributed by atoms with van der Waals surface area (Å²) in [7, 11) is -3.57. The van der Waals surface area contributed by atoms with Gasteiger partial charge in [0.2, 0.25) is 0 Å². The van der Waals surface area contributed by atoms with Crippen LogP contribution in [0.3, 0.4) is 0 Å². The van der Waals surface area contributed by atoms with Gasteiger partial charge >= 0.3 is 0 Å². The molecule has 0 aromatic heterocycles. The quantitative estimate of drug-likeness (QED) is 0.0367. The first-order valence-corrected chi connectivity index (χ1v) is 18.8. The molecule has 17 heteroatoms. The fourth-order valence-electron chi connectivity index (χ4n) is 4.17. The number of benzene rings is 2. The highest BCUT2D eigenvalue weighted by atomic mass is 32.2. The maximum atomic E-state index is 12.5. The maximum Gasteiger partial charge on any atom is 0.251 e. The molecular weight excluding hydrogens is 700 g/mol. The summed E-state index contributed by atoms with van der Waals surface area (Å²) >= 11 is 0. The average molecular weight is 753 g/mol. The number of aryl methyl sites for hydroxylation is 1. The first kappa shape index (κ1) is 44.7. The molecule has 52 heavy (non-hydrogen) atoms. The van der Waals surface area contributed by atoms with Gasteiger partial charge in [0.25, 0.3) is 5.91 Å². The third-order valence-corrected chi connectivity index (χ3v) is 8.71. The molecule has 2 aromatic rings. The Morgan fingerprint density at radius 3 is 1.46 bits per heavy atom. The van der Waals surface area contributed by atoms with E-state index in [-0.39, 0.29) is 28.8 Å². The third-order valence-electron chi connectivity index (χ3n) is 6.98. The van der Waals surface area contributed by atoms with Crippen molar-refractivity contribution < 1.29 is 55.9 Å². The second-order valence-corrected chi connectivity index (χ2v) is 13.1. The molecule has 0 aliphatic rings. The normalized spacial score (nSPS) is 11.3. The van der Waals surface area contributed by atoms with Gasteiger partial charge in [0.15, 0.2) is 15.6 Å². The molecule has 0 spiro atoms. The Hall–Kier alpha value is -3.48. The molecule has 0 aliphatic heterocycles. The highest BCUT2D eigenvalue weighted by molar-refractivity contribution is 7.91. The van der Waals surface area contributed by atoms with Gasteiger partial charge in [-0.05, 0) is 36.7 Å². The number of Topliss-reactive ketones (excluding diaryl/α,β-unsaturated/α-hetero) is 1. The SMILES string of the molecule is Cc1ccc(S(=O)(=O)CCC(=O)c2ccc(C(=O)NCCOCCOCCOCCOCCOCCOCCOCCOCCN=[N+]=[N-])cc2)cc1. The molecule has 2 aromatic carbocycles. The van der Waals surface area contributed by atoms with Gasteiger partial charge in [-0.3, -0.25) is 9.59 Å². The minimum Gasteiger partial charge on any atom is -0.379 e. The number of ether oxygens (including phenoxy) is 8. The Balaban J connectivity index is 1.33. The summed E-state index contributed by atoms with van der Waals surface area (Å²) in [5.74, 6) is -0.905. The van der Waals surface area contributed by atoms with Crippen molar-refractivity contribution in [2.45, 2.75) is 18.2 Å². The maximum absolute atomic E-state index is 12.5. The molecule has 0 atom stereocenters. The van der Waals surface area contributed by atoms with Crippen molar-refractivity contribution in [2.24, 2.45) is 5.11 Å². The largest absolute Gasteiger partial charge is 0.379 e. The molecule has 0 radical (unpaired) electrons. The van der Waals surface area contributed by atoms with Gasteiger partial charge in [-0.25, -0.2) is 8.42 Å². The zero-order chi connectivity index (χ0) is 37.5. The van der Waals surface area contributed by atoms with E-state index in [2.05, 4.69) is 15.3 Å². The van der Waals surface area contributed by atoms with E-state index in [1.807, 2.05) is 6.92 Å². The smallest absolute Gasteiger partial charge is 0.251 e. The van der Waals surface area contributed by atoms with Crippen LogP contribution in [-0.2, 0) is 47.7 Å². The predicted molar refractivity (Wildman–Crippen MR) is 192 cm³/mol. The zero-order valence-electron chi connectivity index (χ0n) is 29.9. The number of carbonyl (C=O) groups is 2. The van der Waals surface area contributed by atoms with Crippen LogP contribution in [0.1, 0.15) is 32.7 Å². The van der Waals surface area contributed by atoms with Crippen LogP contribution in [0.4, 0.5) is 0 Å². The van der Waals surface area contributed by atoms with E-state index in [4.69, 9.17) is 43.4 Å². The van der Waals surface area contributed by atoms with Crippen molar-refractivity contribution in [1.29, 1.82) is 0 Å².